The molecule has 32 heavy (non-hydrogen) atoms. The van der Waals surface area contributed by atoms with Crippen LogP contribution < -0.4 is 14.5 Å². The molecular formula is C26H23FN2O3. The standard InChI is InChI=1S/C26H23FN2O3/c1-18(16-19-8-4-3-5-9-19)25-26(31)28(23-11-7-6-10-22(23)27)17-24(30)29(25)20-12-14-21(32-2)15-13-20/h3-16,25H,17H2,1-2H3/b18-16+/t25-/m0/s1. The van der Waals surface area contributed by atoms with Crippen molar-refractivity contribution in [2.24, 2.45) is 0 Å². The second-order valence-electron chi connectivity index (χ2n) is 7.54. The van der Waals surface area contributed by atoms with Crippen LogP contribution in [-0.2, 0) is 9.59 Å². The van der Waals surface area contributed by atoms with E-state index in [-0.39, 0.29) is 24.0 Å². The molecule has 5 nitrogen and oxygen atoms in total. The van der Waals surface area contributed by atoms with E-state index in [0.29, 0.717) is 17.0 Å². The van der Waals surface area contributed by atoms with Gasteiger partial charge in [-0.15, -0.1) is 0 Å². The molecule has 6 heteroatoms. The van der Waals surface area contributed by atoms with Crippen LogP contribution in [0.3, 0.4) is 0 Å². The van der Waals surface area contributed by atoms with E-state index in [9.17, 15) is 14.0 Å². The van der Waals surface area contributed by atoms with Crippen molar-refractivity contribution in [3.05, 3.63) is 95.8 Å². The Kier molecular flexibility index (Phi) is 6.03. The zero-order chi connectivity index (χ0) is 22.7. The van der Waals surface area contributed by atoms with Gasteiger partial charge in [0.1, 0.15) is 24.2 Å². The number of amides is 2. The summed E-state index contributed by atoms with van der Waals surface area (Å²) in [6.07, 6.45) is 1.87. The summed E-state index contributed by atoms with van der Waals surface area (Å²) in [4.78, 5) is 29.7. The molecule has 1 saturated heterocycles. The minimum absolute atomic E-state index is 0.0951. The lowest BCUT2D eigenvalue weighted by molar-refractivity contribution is -0.127. The van der Waals surface area contributed by atoms with Crippen LogP contribution in [0.1, 0.15) is 12.5 Å². The highest BCUT2D eigenvalue weighted by molar-refractivity contribution is 6.16. The number of piperazine rings is 1. The number of para-hydroxylation sites is 1. The molecule has 0 aliphatic carbocycles. The van der Waals surface area contributed by atoms with Gasteiger partial charge < -0.3 is 4.74 Å². The summed E-state index contributed by atoms with van der Waals surface area (Å²) in [5, 5.41) is 0. The van der Waals surface area contributed by atoms with Crippen LogP contribution in [0.4, 0.5) is 15.8 Å². The fourth-order valence-corrected chi connectivity index (χ4v) is 3.89. The molecule has 2 amide bonds. The summed E-state index contributed by atoms with van der Waals surface area (Å²) < 4.78 is 19.7. The molecule has 0 aromatic heterocycles. The maximum atomic E-state index is 14.5. The summed E-state index contributed by atoms with van der Waals surface area (Å²) in [6, 6.07) is 21.6. The lowest BCUT2D eigenvalue weighted by Gasteiger charge is -2.40. The van der Waals surface area contributed by atoms with Crippen molar-refractivity contribution in [3.63, 3.8) is 0 Å². The first-order valence-corrected chi connectivity index (χ1v) is 10.2. The fourth-order valence-electron chi connectivity index (χ4n) is 3.89. The Morgan fingerprint density at radius 1 is 0.969 bits per heavy atom. The molecule has 0 bridgehead atoms. The zero-order valence-electron chi connectivity index (χ0n) is 17.9. The Morgan fingerprint density at radius 2 is 1.62 bits per heavy atom. The van der Waals surface area contributed by atoms with Crippen LogP contribution in [0.2, 0.25) is 0 Å². The first-order chi connectivity index (χ1) is 15.5. The number of hydrogen-bond acceptors (Lipinski definition) is 3. The summed E-state index contributed by atoms with van der Waals surface area (Å²) in [7, 11) is 1.56. The van der Waals surface area contributed by atoms with Crippen molar-refractivity contribution in [1.29, 1.82) is 0 Å². The van der Waals surface area contributed by atoms with E-state index < -0.39 is 11.9 Å². The summed E-state index contributed by atoms with van der Waals surface area (Å²) in [5.41, 5.74) is 2.25. The zero-order valence-corrected chi connectivity index (χ0v) is 17.9. The predicted molar refractivity (Wildman–Crippen MR) is 123 cm³/mol. The van der Waals surface area contributed by atoms with E-state index in [1.165, 1.54) is 21.9 Å². The van der Waals surface area contributed by atoms with E-state index >= 15 is 0 Å². The number of methoxy groups -OCH3 is 1. The normalized spacial score (nSPS) is 17.0. The van der Waals surface area contributed by atoms with Gasteiger partial charge >= 0.3 is 0 Å². The smallest absolute Gasteiger partial charge is 0.255 e. The Balaban J connectivity index is 1.80. The molecule has 1 heterocycles. The quantitative estimate of drug-likeness (QED) is 0.590. The van der Waals surface area contributed by atoms with Crippen molar-refractivity contribution >= 4 is 29.3 Å². The first kappa shape index (κ1) is 21.3. The third-order valence-electron chi connectivity index (χ3n) is 5.44. The molecule has 3 aromatic carbocycles. The van der Waals surface area contributed by atoms with Crippen LogP contribution in [0.5, 0.6) is 5.75 Å². The van der Waals surface area contributed by atoms with Gasteiger partial charge in [0, 0.05) is 5.69 Å². The third-order valence-corrected chi connectivity index (χ3v) is 5.44. The van der Waals surface area contributed by atoms with Gasteiger partial charge in [0.2, 0.25) is 5.91 Å². The van der Waals surface area contributed by atoms with Crippen LogP contribution in [-0.4, -0.2) is 31.5 Å². The number of anilines is 2. The van der Waals surface area contributed by atoms with E-state index in [2.05, 4.69) is 0 Å². The van der Waals surface area contributed by atoms with Crippen LogP contribution in [0, 0.1) is 5.82 Å². The number of benzene rings is 3. The second kappa shape index (κ2) is 9.06. The molecule has 0 spiro atoms. The average molecular weight is 430 g/mol. The number of nitrogens with zero attached hydrogens (tertiary/aromatic N) is 2. The molecular weight excluding hydrogens is 407 g/mol. The number of carbonyl (C=O) groups is 2. The van der Waals surface area contributed by atoms with Gasteiger partial charge in [0.15, 0.2) is 0 Å². The van der Waals surface area contributed by atoms with E-state index in [1.54, 1.807) is 43.5 Å². The maximum absolute atomic E-state index is 14.5. The molecule has 3 aromatic rings. The number of carbonyl (C=O) groups excluding carboxylic acids is 2. The van der Waals surface area contributed by atoms with Crippen LogP contribution >= 0.6 is 0 Å². The Hall–Kier alpha value is -3.93. The summed E-state index contributed by atoms with van der Waals surface area (Å²) in [5.74, 6) is -0.570. The number of halogens is 1. The number of hydrogen-bond donors (Lipinski definition) is 0. The van der Waals surface area contributed by atoms with Crippen LogP contribution in [0.15, 0.2) is 84.4 Å². The first-order valence-electron chi connectivity index (χ1n) is 10.2. The van der Waals surface area contributed by atoms with Crippen LogP contribution in [0.25, 0.3) is 6.08 Å². The van der Waals surface area contributed by atoms with E-state index in [0.717, 1.165) is 5.56 Å². The van der Waals surface area contributed by atoms with Gasteiger partial charge in [-0.2, -0.15) is 0 Å². The Morgan fingerprint density at radius 3 is 2.28 bits per heavy atom. The molecule has 162 valence electrons. The minimum atomic E-state index is -0.913. The summed E-state index contributed by atoms with van der Waals surface area (Å²) >= 11 is 0. The second-order valence-corrected chi connectivity index (χ2v) is 7.54. The SMILES string of the molecule is COc1ccc(N2C(=O)CN(c3ccccc3F)C(=O)[C@@H]2/C(C)=C/c2ccccc2)cc1. The van der Waals surface area contributed by atoms with Crippen molar-refractivity contribution in [1.82, 2.24) is 0 Å². The average Bonchev–Trinajstić information content (AvgIpc) is 2.81. The van der Waals surface area contributed by atoms with Gasteiger partial charge in [-0.1, -0.05) is 48.5 Å². The molecule has 0 unspecified atom stereocenters. The molecule has 4 rings (SSSR count). The van der Waals surface area contributed by atoms with Crippen molar-refractivity contribution < 1.29 is 18.7 Å². The molecule has 1 aliphatic rings. The third kappa shape index (κ3) is 4.12. The topological polar surface area (TPSA) is 49.9 Å². The van der Waals surface area contributed by atoms with E-state index in [4.69, 9.17) is 4.74 Å². The Labute approximate surface area is 186 Å². The van der Waals surface area contributed by atoms with Crippen molar-refractivity contribution in [2.45, 2.75) is 13.0 Å². The summed E-state index contributed by atoms with van der Waals surface area (Å²) in [6.45, 7) is 1.56. The lowest BCUT2D eigenvalue weighted by atomic mass is 9.98. The molecule has 0 radical (unpaired) electrons. The molecule has 1 atom stereocenters. The fraction of sp³-hybridized carbons (Fsp3) is 0.154. The highest BCUT2D eigenvalue weighted by atomic mass is 19.1. The Bertz CT molecular complexity index is 1160. The highest BCUT2D eigenvalue weighted by Gasteiger charge is 2.42. The monoisotopic (exact) mass is 430 g/mol. The van der Waals surface area contributed by atoms with E-state index in [1.807, 2.05) is 43.3 Å². The largest absolute Gasteiger partial charge is 0.497 e. The molecule has 1 aliphatic heterocycles. The van der Waals surface area contributed by atoms with Crippen molar-refractivity contribution in [3.8, 4) is 5.75 Å². The van der Waals surface area contributed by atoms with Gasteiger partial charge in [-0.3, -0.25) is 19.4 Å². The van der Waals surface area contributed by atoms with Gasteiger partial charge in [0.25, 0.3) is 5.91 Å². The van der Waals surface area contributed by atoms with Gasteiger partial charge in [0.05, 0.1) is 12.8 Å². The molecule has 0 N–H and O–H groups in total. The molecule has 0 saturated carbocycles. The number of rotatable bonds is 5. The van der Waals surface area contributed by atoms with Gasteiger partial charge in [-0.25, -0.2) is 4.39 Å². The lowest BCUT2D eigenvalue weighted by Crippen LogP contribution is -2.61. The van der Waals surface area contributed by atoms with Crippen molar-refractivity contribution in [2.75, 3.05) is 23.5 Å². The van der Waals surface area contributed by atoms with Gasteiger partial charge in [-0.05, 0) is 54.5 Å². The molecule has 1 fully saturated rings. The minimum Gasteiger partial charge on any atom is -0.497 e. The number of ether oxygens (including phenoxy) is 1. The highest BCUT2D eigenvalue weighted by Crippen LogP contribution is 2.31. The predicted octanol–water partition coefficient (Wildman–Crippen LogP) is 4.69. The maximum Gasteiger partial charge on any atom is 0.255 e.